The number of nitriles is 1. The van der Waals surface area contributed by atoms with Crippen LogP contribution in [0.4, 0.5) is 0 Å². The number of carbonyl (C=O) groups is 1. The lowest BCUT2D eigenvalue weighted by Gasteiger charge is -2.22. The fraction of sp³-hybridized carbons (Fsp3) is 0.300. The van der Waals surface area contributed by atoms with E-state index in [-0.39, 0.29) is 5.91 Å². The second-order valence-corrected chi connectivity index (χ2v) is 5.67. The zero-order valence-electron chi connectivity index (χ0n) is 14.2. The van der Waals surface area contributed by atoms with Crippen molar-refractivity contribution >= 4 is 5.91 Å². The maximum atomic E-state index is 12.9. The Morgan fingerprint density at radius 1 is 1.17 bits per heavy atom. The van der Waals surface area contributed by atoms with Crippen LogP contribution >= 0.6 is 0 Å². The Kier molecular flexibility index (Phi) is 6.53. The molecule has 0 unspecified atom stereocenters. The first kappa shape index (κ1) is 17.7. The second-order valence-electron chi connectivity index (χ2n) is 5.67. The molecule has 0 atom stereocenters. The zero-order chi connectivity index (χ0) is 17.4. The van der Waals surface area contributed by atoms with Crippen molar-refractivity contribution < 1.29 is 9.53 Å². The summed E-state index contributed by atoms with van der Waals surface area (Å²) in [5.41, 5.74) is 3.30. The van der Waals surface area contributed by atoms with Crippen LogP contribution in [0.3, 0.4) is 0 Å². The molecule has 0 bridgehead atoms. The molecular formula is C20H22N2O2. The first-order valence-corrected chi connectivity index (χ1v) is 8.04. The summed E-state index contributed by atoms with van der Waals surface area (Å²) in [6.07, 6.45) is 0.889. The first-order valence-electron chi connectivity index (χ1n) is 8.04. The van der Waals surface area contributed by atoms with Gasteiger partial charge in [0.15, 0.2) is 0 Å². The lowest BCUT2D eigenvalue weighted by atomic mass is 10.1. The largest absolute Gasteiger partial charge is 0.380 e. The van der Waals surface area contributed by atoms with Gasteiger partial charge in [0.1, 0.15) is 0 Å². The molecule has 0 aromatic heterocycles. The molecule has 2 aromatic rings. The van der Waals surface area contributed by atoms with Gasteiger partial charge in [0.05, 0.1) is 18.2 Å². The minimum Gasteiger partial charge on any atom is -0.380 e. The third-order valence-electron chi connectivity index (χ3n) is 3.72. The van der Waals surface area contributed by atoms with Gasteiger partial charge in [-0.15, -0.1) is 0 Å². The van der Waals surface area contributed by atoms with Crippen LogP contribution in [0.1, 0.15) is 40.4 Å². The highest BCUT2D eigenvalue weighted by Crippen LogP contribution is 2.14. The standard InChI is InChI=1S/C20H22N2O2/c1-3-11-22(14-17-9-7-16(13-21)8-10-17)20(23)19-6-4-5-18(12-19)15-24-2/h4-10,12H,3,11,14-15H2,1-2H3. The molecule has 0 aliphatic heterocycles. The van der Waals surface area contributed by atoms with Crippen molar-refractivity contribution in [3.63, 3.8) is 0 Å². The van der Waals surface area contributed by atoms with Crippen molar-refractivity contribution in [2.45, 2.75) is 26.5 Å². The summed E-state index contributed by atoms with van der Waals surface area (Å²) in [5, 5.41) is 8.88. The minimum absolute atomic E-state index is 0.0131. The van der Waals surface area contributed by atoms with Gasteiger partial charge in [-0.1, -0.05) is 31.2 Å². The summed E-state index contributed by atoms with van der Waals surface area (Å²) in [7, 11) is 1.64. The van der Waals surface area contributed by atoms with E-state index in [1.807, 2.05) is 41.3 Å². The molecule has 24 heavy (non-hydrogen) atoms. The molecule has 0 spiro atoms. The number of benzene rings is 2. The number of carbonyl (C=O) groups excluding carboxylic acids is 1. The summed E-state index contributed by atoms with van der Waals surface area (Å²) < 4.78 is 5.14. The van der Waals surface area contributed by atoms with Crippen LogP contribution in [0.15, 0.2) is 48.5 Å². The molecule has 0 aliphatic carbocycles. The second kappa shape index (κ2) is 8.85. The number of ether oxygens (including phenoxy) is 1. The smallest absolute Gasteiger partial charge is 0.254 e. The predicted octanol–water partition coefficient (Wildman–Crippen LogP) is 3.76. The molecule has 2 rings (SSSR count). The van der Waals surface area contributed by atoms with Crippen molar-refractivity contribution in [1.29, 1.82) is 5.26 Å². The maximum Gasteiger partial charge on any atom is 0.254 e. The highest BCUT2D eigenvalue weighted by Gasteiger charge is 2.16. The molecule has 4 nitrogen and oxygen atoms in total. The minimum atomic E-state index is 0.0131. The summed E-state index contributed by atoms with van der Waals surface area (Å²) >= 11 is 0. The fourth-order valence-electron chi connectivity index (χ4n) is 2.57. The molecule has 0 heterocycles. The van der Waals surface area contributed by atoms with Crippen LogP contribution in [-0.4, -0.2) is 24.5 Å². The average molecular weight is 322 g/mol. The Labute approximate surface area is 143 Å². The summed E-state index contributed by atoms with van der Waals surface area (Å²) in [4.78, 5) is 14.7. The molecule has 1 amide bonds. The fourth-order valence-corrected chi connectivity index (χ4v) is 2.57. The van der Waals surface area contributed by atoms with Gasteiger partial charge in [-0.3, -0.25) is 4.79 Å². The van der Waals surface area contributed by atoms with Gasteiger partial charge in [-0.25, -0.2) is 0 Å². The third kappa shape index (κ3) is 4.68. The maximum absolute atomic E-state index is 12.9. The zero-order valence-corrected chi connectivity index (χ0v) is 14.2. The molecule has 0 N–H and O–H groups in total. The highest BCUT2D eigenvalue weighted by molar-refractivity contribution is 5.94. The van der Waals surface area contributed by atoms with Crippen LogP contribution in [0.5, 0.6) is 0 Å². The van der Waals surface area contributed by atoms with E-state index in [4.69, 9.17) is 10.00 Å². The molecule has 0 aliphatic rings. The van der Waals surface area contributed by atoms with Gasteiger partial charge in [0.25, 0.3) is 5.91 Å². The van der Waals surface area contributed by atoms with Crippen LogP contribution in [0, 0.1) is 11.3 Å². The quantitative estimate of drug-likeness (QED) is 0.780. The van der Waals surface area contributed by atoms with E-state index in [1.54, 1.807) is 19.2 Å². The van der Waals surface area contributed by atoms with Gasteiger partial charge < -0.3 is 9.64 Å². The molecule has 0 fully saturated rings. The Hall–Kier alpha value is -2.64. The van der Waals surface area contributed by atoms with E-state index in [2.05, 4.69) is 13.0 Å². The van der Waals surface area contributed by atoms with Crippen molar-refractivity contribution in [2.24, 2.45) is 0 Å². The number of methoxy groups -OCH3 is 1. The topological polar surface area (TPSA) is 53.3 Å². The van der Waals surface area contributed by atoms with Crippen LogP contribution in [-0.2, 0) is 17.9 Å². The Morgan fingerprint density at radius 2 is 1.92 bits per heavy atom. The molecule has 4 heteroatoms. The van der Waals surface area contributed by atoms with Gasteiger partial charge in [0, 0.05) is 25.8 Å². The van der Waals surface area contributed by atoms with E-state index >= 15 is 0 Å². The van der Waals surface area contributed by atoms with Gasteiger partial charge >= 0.3 is 0 Å². The number of hydrogen-bond acceptors (Lipinski definition) is 3. The number of nitrogens with zero attached hydrogens (tertiary/aromatic N) is 2. The monoisotopic (exact) mass is 322 g/mol. The van der Waals surface area contributed by atoms with Crippen LogP contribution in [0.25, 0.3) is 0 Å². The third-order valence-corrected chi connectivity index (χ3v) is 3.72. The predicted molar refractivity (Wildman–Crippen MR) is 93.3 cm³/mol. The average Bonchev–Trinajstić information content (AvgIpc) is 2.62. The van der Waals surface area contributed by atoms with Crippen LogP contribution in [0.2, 0.25) is 0 Å². The molecule has 0 radical (unpaired) electrons. The van der Waals surface area contributed by atoms with Crippen molar-refractivity contribution in [1.82, 2.24) is 4.90 Å². The Morgan fingerprint density at radius 3 is 2.54 bits per heavy atom. The summed E-state index contributed by atoms with van der Waals surface area (Å²) in [6, 6.07) is 17.0. The molecule has 0 saturated carbocycles. The van der Waals surface area contributed by atoms with Gasteiger partial charge in [-0.05, 0) is 41.8 Å². The van der Waals surface area contributed by atoms with Gasteiger partial charge in [-0.2, -0.15) is 5.26 Å². The Bertz CT molecular complexity index is 717. The first-order chi connectivity index (χ1) is 11.7. The summed E-state index contributed by atoms with van der Waals surface area (Å²) in [5.74, 6) is 0.0131. The SMILES string of the molecule is CCCN(Cc1ccc(C#N)cc1)C(=O)c1cccc(COC)c1. The lowest BCUT2D eigenvalue weighted by Crippen LogP contribution is -2.31. The van der Waals surface area contributed by atoms with E-state index in [1.165, 1.54) is 0 Å². The molecule has 0 saturated heterocycles. The lowest BCUT2D eigenvalue weighted by molar-refractivity contribution is 0.0743. The van der Waals surface area contributed by atoms with E-state index < -0.39 is 0 Å². The van der Waals surface area contributed by atoms with Gasteiger partial charge in [0.2, 0.25) is 0 Å². The van der Waals surface area contributed by atoms with E-state index in [0.717, 1.165) is 17.5 Å². The Balaban J connectivity index is 2.17. The van der Waals surface area contributed by atoms with Crippen molar-refractivity contribution in [2.75, 3.05) is 13.7 Å². The normalized spacial score (nSPS) is 10.2. The number of rotatable bonds is 7. The van der Waals surface area contributed by atoms with E-state index in [9.17, 15) is 4.79 Å². The summed E-state index contributed by atoms with van der Waals surface area (Å²) in [6.45, 7) is 3.77. The molecule has 124 valence electrons. The number of amides is 1. The molecular weight excluding hydrogens is 300 g/mol. The van der Waals surface area contributed by atoms with Crippen molar-refractivity contribution in [3.8, 4) is 6.07 Å². The molecule has 2 aromatic carbocycles. The number of hydrogen-bond donors (Lipinski definition) is 0. The van der Waals surface area contributed by atoms with Crippen molar-refractivity contribution in [3.05, 3.63) is 70.8 Å². The van der Waals surface area contributed by atoms with E-state index in [0.29, 0.717) is 30.8 Å². The highest BCUT2D eigenvalue weighted by atomic mass is 16.5. The van der Waals surface area contributed by atoms with Crippen LogP contribution < -0.4 is 0 Å².